The first-order chi connectivity index (χ1) is 15.3. The van der Waals surface area contributed by atoms with E-state index >= 15 is 0 Å². The van der Waals surface area contributed by atoms with Gasteiger partial charge in [-0.25, -0.2) is 0 Å². The molecule has 4 aliphatic rings. The first-order valence-electron chi connectivity index (χ1n) is 12.4. The Bertz CT molecular complexity index is 1010. The summed E-state index contributed by atoms with van der Waals surface area (Å²) in [4.78, 5) is 14.3. The number of fused-ring (bicyclic) bond motifs is 4. The van der Waals surface area contributed by atoms with Gasteiger partial charge in [-0.1, -0.05) is 36.8 Å². The Morgan fingerprint density at radius 1 is 1.09 bits per heavy atom. The average molecular weight is 432 g/mol. The molecule has 0 heterocycles. The van der Waals surface area contributed by atoms with Gasteiger partial charge in [0.2, 0.25) is 0 Å². The molecule has 5 unspecified atom stereocenters. The highest BCUT2D eigenvalue weighted by molar-refractivity contribution is 5.93. The van der Waals surface area contributed by atoms with E-state index < -0.39 is 5.60 Å². The van der Waals surface area contributed by atoms with Crippen LogP contribution in [0.25, 0.3) is 0 Å². The zero-order valence-corrected chi connectivity index (χ0v) is 20.0. The highest BCUT2D eigenvalue weighted by Gasteiger charge is 2.61. The van der Waals surface area contributed by atoms with Gasteiger partial charge in [0.05, 0.1) is 5.60 Å². The smallest absolute Gasteiger partial charge is 0.156 e. The molecule has 4 aliphatic carbocycles. The van der Waals surface area contributed by atoms with E-state index in [0.29, 0.717) is 30.0 Å². The number of hydrogen-bond acceptors (Lipinski definition) is 3. The van der Waals surface area contributed by atoms with Gasteiger partial charge in [0.25, 0.3) is 0 Å². The summed E-state index contributed by atoms with van der Waals surface area (Å²) in [5, 5.41) is 11.8. The van der Waals surface area contributed by atoms with Gasteiger partial charge < -0.3 is 10.0 Å². The fourth-order valence-electron chi connectivity index (χ4n) is 7.55. The molecule has 3 nitrogen and oxygen atoms in total. The fourth-order valence-corrected chi connectivity index (χ4v) is 7.55. The number of allylic oxidation sites excluding steroid dienone is 5. The lowest BCUT2D eigenvalue weighted by Gasteiger charge is -2.54. The molecule has 1 aromatic rings. The van der Waals surface area contributed by atoms with E-state index in [1.807, 2.05) is 19.1 Å². The molecule has 170 valence electrons. The Balaban J connectivity index is 1.66. The van der Waals surface area contributed by atoms with Crippen LogP contribution < -0.4 is 4.90 Å². The van der Waals surface area contributed by atoms with Crippen LogP contribution in [0, 0.1) is 17.3 Å². The highest BCUT2D eigenvalue weighted by atomic mass is 16.3. The van der Waals surface area contributed by atoms with Crippen LogP contribution in [0.15, 0.2) is 59.2 Å². The second-order valence-electron chi connectivity index (χ2n) is 10.9. The summed E-state index contributed by atoms with van der Waals surface area (Å²) >= 11 is 0. The van der Waals surface area contributed by atoms with E-state index in [-0.39, 0.29) is 5.41 Å². The van der Waals surface area contributed by atoms with E-state index in [1.54, 1.807) is 5.57 Å². The quantitative estimate of drug-likeness (QED) is 0.600. The maximum atomic E-state index is 12.2. The molecule has 0 radical (unpaired) electrons. The second kappa shape index (κ2) is 7.73. The molecule has 1 aromatic carbocycles. The van der Waals surface area contributed by atoms with Crippen LogP contribution in [-0.2, 0) is 4.79 Å². The van der Waals surface area contributed by atoms with Crippen LogP contribution in [0.3, 0.4) is 0 Å². The third-order valence-electron chi connectivity index (χ3n) is 9.20. The lowest BCUT2D eigenvalue weighted by molar-refractivity contribution is -0.114. The third-order valence-corrected chi connectivity index (χ3v) is 9.20. The second-order valence-corrected chi connectivity index (χ2v) is 10.9. The minimum absolute atomic E-state index is 0.134. The number of benzene rings is 1. The van der Waals surface area contributed by atoms with Crippen molar-refractivity contribution in [2.45, 2.75) is 70.3 Å². The predicted octanol–water partition coefficient (Wildman–Crippen LogP) is 5.96. The van der Waals surface area contributed by atoms with Gasteiger partial charge in [-0.15, -0.1) is 0 Å². The molecular weight excluding hydrogens is 394 g/mol. The van der Waals surface area contributed by atoms with Gasteiger partial charge in [-0.2, -0.15) is 0 Å². The van der Waals surface area contributed by atoms with Crippen molar-refractivity contribution < 1.29 is 9.90 Å². The summed E-state index contributed by atoms with van der Waals surface area (Å²) in [7, 11) is 4.16. The molecule has 5 atom stereocenters. The van der Waals surface area contributed by atoms with Gasteiger partial charge in [-0.05, 0) is 92.2 Å². The molecule has 0 spiro atoms. The first-order valence-corrected chi connectivity index (χ1v) is 12.4. The largest absolute Gasteiger partial charge is 0.385 e. The van der Waals surface area contributed by atoms with Crippen molar-refractivity contribution in [3.63, 3.8) is 0 Å². The molecule has 0 aromatic heterocycles. The summed E-state index contributed by atoms with van der Waals surface area (Å²) in [6, 6.07) is 9.04. The van der Waals surface area contributed by atoms with Crippen LogP contribution in [0.2, 0.25) is 0 Å². The molecule has 3 heteroatoms. The maximum Gasteiger partial charge on any atom is 0.156 e. The van der Waals surface area contributed by atoms with Crippen molar-refractivity contribution in [3.8, 4) is 0 Å². The number of anilines is 1. The molecule has 0 amide bonds. The number of carbonyl (C=O) groups excluding carboxylic acids is 1. The Morgan fingerprint density at radius 3 is 2.53 bits per heavy atom. The zero-order valence-electron chi connectivity index (χ0n) is 20.0. The summed E-state index contributed by atoms with van der Waals surface area (Å²) in [5.74, 6) is 1.60. The monoisotopic (exact) mass is 431 g/mol. The van der Waals surface area contributed by atoms with Gasteiger partial charge in [0.15, 0.2) is 5.78 Å². The van der Waals surface area contributed by atoms with Crippen molar-refractivity contribution in [1.82, 2.24) is 0 Å². The summed E-state index contributed by atoms with van der Waals surface area (Å²) in [6.07, 6.45) is 12.6. The molecule has 2 saturated carbocycles. The predicted molar refractivity (Wildman–Crippen MR) is 131 cm³/mol. The maximum absolute atomic E-state index is 12.2. The van der Waals surface area contributed by atoms with E-state index in [0.717, 1.165) is 38.5 Å². The molecule has 2 fully saturated rings. The van der Waals surface area contributed by atoms with Crippen LogP contribution in [0.5, 0.6) is 0 Å². The number of ketones is 1. The number of hydrogen-bond donors (Lipinski definition) is 1. The Hall–Kier alpha value is -2.13. The number of rotatable bonds is 3. The number of nitrogens with zero attached hydrogens (tertiary/aromatic N) is 1. The van der Waals surface area contributed by atoms with Crippen molar-refractivity contribution >= 4 is 11.5 Å². The molecule has 32 heavy (non-hydrogen) atoms. The third kappa shape index (κ3) is 3.15. The topological polar surface area (TPSA) is 40.5 Å². The van der Waals surface area contributed by atoms with E-state index in [9.17, 15) is 9.90 Å². The van der Waals surface area contributed by atoms with E-state index in [2.05, 4.69) is 56.3 Å². The molecule has 0 saturated heterocycles. The fraction of sp³-hybridized carbons (Fsp3) is 0.552. The minimum Gasteiger partial charge on any atom is -0.385 e. The lowest BCUT2D eigenvalue weighted by Crippen LogP contribution is -2.50. The Kier molecular flexibility index (Phi) is 5.24. The number of carbonyl (C=O) groups is 1. The van der Waals surface area contributed by atoms with Gasteiger partial charge in [-0.3, -0.25) is 4.79 Å². The summed E-state index contributed by atoms with van der Waals surface area (Å²) < 4.78 is 0. The zero-order chi connectivity index (χ0) is 22.7. The van der Waals surface area contributed by atoms with Crippen molar-refractivity contribution in [3.05, 3.63) is 64.8 Å². The molecular formula is C29H37NO2. The Morgan fingerprint density at radius 2 is 1.84 bits per heavy atom. The summed E-state index contributed by atoms with van der Waals surface area (Å²) in [6.45, 7) is 4.38. The van der Waals surface area contributed by atoms with Crippen LogP contribution in [-0.4, -0.2) is 30.6 Å². The molecule has 0 aliphatic heterocycles. The first kappa shape index (κ1) is 21.7. The normalized spacial score (nSPS) is 36.6. The van der Waals surface area contributed by atoms with Gasteiger partial charge in [0, 0.05) is 37.5 Å². The van der Waals surface area contributed by atoms with Gasteiger partial charge >= 0.3 is 0 Å². The molecule has 0 bridgehead atoms. The van der Waals surface area contributed by atoms with Crippen LogP contribution >= 0.6 is 0 Å². The highest BCUT2D eigenvalue weighted by Crippen LogP contribution is 2.67. The lowest BCUT2D eigenvalue weighted by atomic mass is 9.51. The van der Waals surface area contributed by atoms with Gasteiger partial charge in [0.1, 0.15) is 0 Å². The average Bonchev–Trinajstić information content (AvgIpc) is 3.03. The van der Waals surface area contributed by atoms with Crippen molar-refractivity contribution in [1.29, 1.82) is 0 Å². The van der Waals surface area contributed by atoms with E-state index in [4.69, 9.17) is 0 Å². The van der Waals surface area contributed by atoms with E-state index in [1.165, 1.54) is 22.4 Å². The van der Waals surface area contributed by atoms with Crippen molar-refractivity contribution in [2.24, 2.45) is 17.3 Å². The summed E-state index contributed by atoms with van der Waals surface area (Å²) in [5.41, 5.74) is 6.07. The van der Waals surface area contributed by atoms with Crippen LogP contribution in [0.1, 0.15) is 70.3 Å². The SMILES string of the molecule is CC=CC1(O)CCC2C3CCC4=CC(=O)CCC4=C3C(c3ccc(N(C)C)cc3)CC21C. The standard InChI is InChI=1S/C29H37NO2/c1-5-15-29(32)16-14-26-24-12-8-20-17-22(31)11-13-23(20)27(24)25(18-28(26,29)2)19-6-9-21(10-7-19)30(3)4/h5-7,9-10,15,17,24-26,32H,8,11-14,16,18H2,1-4H3. The number of aliphatic hydroxyl groups is 1. The molecule has 1 N–H and O–H groups in total. The molecule has 5 rings (SSSR count). The Labute approximate surface area is 192 Å². The van der Waals surface area contributed by atoms with Crippen molar-refractivity contribution in [2.75, 3.05) is 19.0 Å². The van der Waals surface area contributed by atoms with Crippen LogP contribution in [0.4, 0.5) is 5.69 Å². The minimum atomic E-state index is -0.733.